The van der Waals surface area contributed by atoms with Crippen LogP contribution >= 0.6 is 0 Å². The summed E-state index contributed by atoms with van der Waals surface area (Å²) in [5.41, 5.74) is 0. The monoisotopic (exact) mass is 213 g/mol. The Bertz CT molecular complexity index is 319. The van der Waals surface area contributed by atoms with Gasteiger partial charge in [0.15, 0.2) is 0 Å². The zero-order valence-electron chi connectivity index (χ0n) is 8.48. The van der Waals surface area contributed by atoms with Crippen LogP contribution in [0, 0.1) is 5.92 Å². The van der Waals surface area contributed by atoms with E-state index in [0.29, 0.717) is 5.06 Å². The van der Waals surface area contributed by atoms with Gasteiger partial charge in [0, 0.05) is 12.8 Å². The van der Waals surface area contributed by atoms with Crippen molar-refractivity contribution >= 4 is 23.6 Å². The quantitative estimate of drug-likeness (QED) is 0.479. The van der Waals surface area contributed by atoms with Crippen LogP contribution in [0.2, 0.25) is 0 Å². The fraction of sp³-hybridized carbons (Fsp3) is 0.556. The van der Waals surface area contributed by atoms with Crippen LogP contribution in [-0.2, 0) is 24.0 Å². The Balaban J connectivity index is 2.62. The van der Waals surface area contributed by atoms with E-state index in [1.807, 2.05) is 0 Å². The molecule has 0 aromatic rings. The Kier molecular flexibility index (Phi) is 3.18. The molecule has 15 heavy (non-hydrogen) atoms. The average molecular weight is 213 g/mol. The van der Waals surface area contributed by atoms with Gasteiger partial charge in [-0.15, -0.1) is 5.06 Å². The van der Waals surface area contributed by atoms with Gasteiger partial charge in [-0.05, 0) is 13.8 Å². The van der Waals surface area contributed by atoms with Crippen LogP contribution in [0.4, 0.5) is 0 Å². The number of hydrogen-bond donors (Lipinski definition) is 0. The summed E-state index contributed by atoms with van der Waals surface area (Å²) in [5, 5.41) is 0.432. The lowest BCUT2D eigenvalue weighted by Gasteiger charge is -2.14. The van der Waals surface area contributed by atoms with Crippen molar-refractivity contribution in [2.75, 3.05) is 0 Å². The summed E-state index contributed by atoms with van der Waals surface area (Å²) in [7, 11) is 0. The predicted octanol–water partition coefficient (Wildman–Crippen LogP) is -0.181. The molecule has 0 aromatic carbocycles. The molecule has 0 N–H and O–H groups in total. The normalized spacial score (nSPS) is 17.9. The molecule has 0 aliphatic carbocycles. The zero-order chi connectivity index (χ0) is 11.6. The molecule has 0 saturated carbocycles. The van der Waals surface area contributed by atoms with Gasteiger partial charge in [-0.2, -0.15) is 0 Å². The number of ketones is 1. The summed E-state index contributed by atoms with van der Waals surface area (Å²) >= 11 is 0. The summed E-state index contributed by atoms with van der Waals surface area (Å²) in [6, 6.07) is 0. The number of nitrogens with zero attached hydrogens (tertiary/aromatic N) is 1. The third-order valence-electron chi connectivity index (χ3n) is 2.15. The number of hydroxylamine groups is 2. The molecular formula is C9H11NO5. The molecule has 82 valence electrons. The van der Waals surface area contributed by atoms with Crippen molar-refractivity contribution in [3.63, 3.8) is 0 Å². The fourth-order valence-electron chi connectivity index (χ4n) is 0.993. The van der Waals surface area contributed by atoms with Crippen LogP contribution in [-0.4, -0.2) is 28.6 Å². The van der Waals surface area contributed by atoms with Crippen molar-refractivity contribution in [3.8, 4) is 0 Å². The van der Waals surface area contributed by atoms with E-state index < -0.39 is 23.7 Å². The first kappa shape index (κ1) is 11.4. The van der Waals surface area contributed by atoms with Crippen molar-refractivity contribution < 1.29 is 24.0 Å². The molecule has 1 atom stereocenters. The number of Topliss-reactive ketones (excluding diaryl/α,β-unsaturated/α-hetero) is 1. The lowest BCUT2D eigenvalue weighted by Crippen LogP contribution is -2.35. The fourth-order valence-corrected chi connectivity index (χ4v) is 0.993. The van der Waals surface area contributed by atoms with E-state index in [4.69, 9.17) is 0 Å². The maximum atomic E-state index is 11.2. The second-order valence-corrected chi connectivity index (χ2v) is 3.32. The summed E-state index contributed by atoms with van der Waals surface area (Å²) in [6.45, 7) is 2.59. The second kappa shape index (κ2) is 4.20. The molecule has 0 radical (unpaired) electrons. The molecule has 6 heteroatoms. The van der Waals surface area contributed by atoms with Crippen molar-refractivity contribution in [2.45, 2.75) is 26.7 Å². The topological polar surface area (TPSA) is 80.8 Å². The SMILES string of the molecule is CC(=O)[C@H](C)C(=O)ON1C(=O)CCC1=O. The molecule has 0 bridgehead atoms. The van der Waals surface area contributed by atoms with Crippen molar-refractivity contribution in [1.29, 1.82) is 0 Å². The van der Waals surface area contributed by atoms with Gasteiger partial charge in [0.1, 0.15) is 11.7 Å². The van der Waals surface area contributed by atoms with Crippen LogP contribution in [0.1, 0.15) is 26.7 Å². The molecule has 1 rings (SSSR count). The molecule has 0 aromatic heterocycles. The van der Waals surface area contributed by atoms with E-state index in [2.05, 4.69) is 4.84 Å². The largest absolute Gasteiger partial charge is 0.343 e. The Hall–Kier alpha value is -1.72. The Morgan fingerprint density at radius 1 is 1.27 bits per heavy atom. The molecule has 1 aliphatic rings. The van der Waals surface area contributed by atoms with Gasteiger partial charge in [-0.3, -0.25) is 14.4 Å². The van der Waals surface area contributed by atoms with Gasteiger partial charge >= 0.3 is 5.97 Å². The minimum atomic E-state index is -0.966. The highest BCUT2D eigenvalue weighted by atomic mass is 16.7. The van der Waals surface area contributed by atoms with Crippen LogP contribution in [0.3, 0.4) is 0 Å². The number of amides is 2. The van der Waals surface area contributed by atoms with Gasteiger partial charge in [0.2, 0.25) is 0 Å². The van der Waals surface area contributed by atoms with Crippen LogP contribution in [0.15, 0.2) is 0 Å². The standard InChI is InChI=1S/C9H11NO5/c1-5(6(2)11)9(14)15-10-7(12)3-4-8(10)13/h5H,3-4H2,1-2H3/t5-/m0/s1. The van der Waals surface area contributed by atoms with E-state index >= 15 is 0 Å². The van der Waals surface area contributed by atoms with Crippen molar-refractivity contribution in [3.05, 3.63) is 0 Å². The van der Waals surface area contributed by atoms with Crippen LogP contribution in [0.5, 0.6) is 0 Å². The lowest BCUT2D eigenvalue weighted by molar-refractivity contribution is -0.200. The molecule has 1 fully saturated rings. The zero-order valence-corrected chi connectivity index (χ0v) is 8.48. The first-order chi connectivity index (χ1) is 6.93. The Morgan fingerprint density at radius 3 is 2.13 bits per heavy atom. The number of hydrogen-bond acceptors (Lipinski definition) is 5. The average Bonchev–Trinajstić information content (AvgIpc) is 2.47. The molecule has 0 unspecified atom stereocenters. The molecule has 2 amide bonds. The summed E-state index contributed by atoms with van der Waals surface area (Å²) in [5.74, 6) is -3.33. The van der Waals surface area contributed by atoms with E-state index in [1.165, 1.54) is 13.8 Å². The highest BCUT2D eigenvalue weighted by molar-refractivity contribution is 6.03. The van der Waals surface area contributed by atoms with Crippen LogP contribution < -0.4 is 0 Å². The van der Waals surface area contributed by atoms with Gasteiger partial charge < -0.3 is 4.84 Å². The highest BCUT2D eigenvalue weighted by Crippen LogP contribution is 2.13. The maximum Gasteiger partial charge on any atom is 0.343 e. The predicted molar refractivity (Wildman–Crippen MR) is 47.0 cm³/mol. The maximum absolute atomic E-state index is 11.2. The van der Waals surface area contributed by atoms with Crippen molar-refractivity contribution in [2.24, 2.45) is 5.92 Å². The van der Waals surface area contributed by atoms with E-state index in [0.717, 1.165) is 0 Å². The van der Waals surface area contributed by atoms with Gasteiger partial charge in [-0.25, -0.2) is 4.79 Å². The summed E-state index contributed by atoms with van der Waals surface area (Å²) in [4.78, 5) is 48.7. The third-order valence-corrected chi connectivity index (χ3v) is 2.15. The number of carbonyl (C=O) groups is 4. The molecule has 6 nitrogen and oxygen atoms in total. The van der Waals surface area contributed by atoms with Gasteiger partial charge in [0.25, 0.3) is 11.8 Å². The Labute approximate surface area is 86.1 Å². The summed E-state index contributed by atoms with van der Waals surface area (Å²) in [6.07, 6.45) is 0.0845. The molecular weight excluding hydrogens is 202 g/mol. The minimum absolute atomic E-state index is 0.0422. The first-order valence-corrected chi connectivity index (χ1v) is 4.51. The minimum Gasteiger partial charge on any atom is -0.330 e. The third kappa shape index (κ3) is 2.39. The Morgan fingerprint density at radius 2 is 1.73 bits per heavy atom. The van der Waals surface area contributed by atoms with Crippen LogP contribution in [0.25, 0.3) is 0 Å². The highest BCUT2D eigenvalue weighted by Gasteiger charge is 2.34. The molecule has 1 heterocycles. The molecule has 0 spiro atoms. The molecule has 1 aliphatic heterocycles. The molecule has 1 saturated heterocycles. The smallest absolute Gasteiger partial charge is 0.330 e. The van der Waals surface area contributed by atoms with Gasteiger partial charge in [-0.1, -0.05) is 0 Å². The number of rotatable bonds is 3. The first-order valence-electron chi connectivity index (χ1n) is 4.51. The van der Waals surface area contributed by atoms with E-state index in [1.54, 1.807) is 0 Å². The van der Waals surface area contributed by atoms with E-state index in [9.17, 15) is 19.2 Å². The van der Waals surface area contributed by atoms with Gasteiger partial charge in [0.05, 0.1) is 0 Å². The lowest BCUT2D eigenvalue weighted by atomic mass is 10.1. The summed E-state index contributed by atoms with van der Waals surface area (Å²) < 4.78 is 0. The number of carbonyl (C=O) groups excluding carboxylic acids is 4. The second-order valence-electron chi connectivity index (χ2n) is 3.32. The number of imide groups is 1. The van der Waals surface area contributed by atoms with Crippen molar-refractivity contribution in [1.82, 2.24) is 5.06 Å². The van der Waals surface area contributed by atoms with E-state index in [-0.39, 0.29) is 18.6 Å².